The molecule has 0 unspecified atom stereocenters. The van der Waals surface area contributed by atoms with Crippen LogP contribution >= 0.6 is 0 Å². The van der Waals surface area contributed by atoms with Crippen molar-refractivity contribution in [2.45, 2.75) is 13.8 Å². The van der Waals surface area contributed by atoms with Gasteiger partial charge in [0.25, 0.3) is 0 Å². The minimum Gasteiger partial charge on any atom is -0.466 e. The van der Waals surface area contributed by atoms with Gasteiger partial charge in [0.2, 0.25) is 0 Å². The summed E-state index contributed by atoms with van der Waals surface area (Å²) in [4.78, 5) is 15.7. The van der Waals surface area contributed by atoms with Crippen LogP contribution in [0.15, 0.2) is 34.9 Å². The highest BCUT2D eigenvalue weighted by Gasteiger charge is 2.20. The van der Waals surface area contributed by atoms with Crippen molar-refractivity contribution in [2.24, 2.45) is 0 Å². The first kappa shape index (κ1) is 12.2. The van der Waals surface area contributed by atoms with Crippen LogP contribution in [-0.4, -0.2) is 10.8 Å². The Kier molecular flexibility index (Phi) is 2.69. The summed E-state index contributed by atoms with van der Waals surface area (Å²) in [6.45, 7) is 3.57. The van der Waals surface area contributed by atoms with Crippen molar-refractivity contribution in [3.05, 3.63) is 58.7 Å². The molecular formula is C16H12N2O2. The lowest BCUT2D eigenvalue weighted by molar-refractivity contribution is 0.103. The summed E-state index contributed by atoms with van der Waals surface area (Å²) >= 11 is 0. The number of nitrogens with zero attached hydrogens (tertiary/aromatic N) is 1. The van der Waals surface area contributed by atoms with E-state index in [4.69, 9.17) is 4.42 Å². The molecule has 0 spiro atoms. The minimum absolute atomic E-state index is 0.131. The smallest absolute Gasteiger partial charge is 0.198 e. The van der Waals surface area contributed by atoms with Crippen molar-refractivity contribution in [2.75, 3.05) is 0 Å². The number of ketones is 1. The zero-order chi connectivity index (χ0) is 14.3. The molecule has 98 valence electrons. The molecule has 0 fully saturated rings. The van der Waals surface area contributed by atoms with Gasteiger partial charge in [-0.25, -0.2) is 0 Å². The monoisotopic (exact) mass is 264 g/mol. The third kappa shape index (κ3) is 1.72. The first-order valence-electron chi connectivity index (χ1n) is 6.23. The molecule has 0 atom stereocenters. The highest BCUT2D eigenvalue weighted by Crippen LogP contribution is 2.26. The summed E-state index contributed by atoms with van der Waals surface area (Å²) in [5, 5.41) is 9.86. The summed E-state index contributed by atoms with van der Waals surface area (Å²) in [5.74, 6) is 1.16. The summed E-state index contributed by atoms with van der Waals surface area (Å²) in [5.41, 5.74) is 2.31. The number of benzene rings is 1. The molecule has 0 radical (unpaired) electrons. The van der Waals surface area contributed by atoms with Crippen LogP contribution in [0.1, 0.15) is 33.0 Å². The van der Waals surface area contributed by atoms with Crippen LogP contribution in [-0.2, 0) is 0 Å². The van der Waals surface area contributed by atoms with E-state index in [1.165, 1.54) is 0 Å². The Morgan fingerprint density at radius 3 is 2.75 bits per heavy atom. The molecule has 2 aromatic heterocycles. The van der Waals surface area contributed by atoms with Crippen molar-refractivity contribution < 1.29 is 9.21 Å². The summed E-state index contributed by atoms with van der Waals surface area (Å²) in [7, 11) is 0. The van der Waals surface area contributed by atoms with Crippen molar-refractivity contribution in [3.8, 4) is 6.07 Å². The molecule has 0 saturated carbocycles. The van der Waals surface area contributed by atoms with Gasteiger partial charge in [-0.05, 0) is 32.0 Å². The van der Waals surface area contributed by atoms with Crippen LogP contribution in [0.25, 0.3) is 10.9 Å². The molecule has 1 aromatic carbocycles. The standard InChI is InChI=1S/C16H12N2O2/c1-9-6-12(10(2)20-9)16(19)13-8-18-14-5-3-4-11(7-17)15(13)14/h3-6,8,18H,1-2H3. The van der Waals surface area contributed by atoms with Crippen LogP contribution in [0.3, 0.4) is 0 Å². The largest absolute Gasteiger partial charge is 0.466 e. The zero-order valence-corrected chi connectivity index (χ0v) is 11.2. The average molecular weight is 264 g/mol. The molecule has 0 aliphatic carbocycles. The fourth-order valence-electron chi connectivity index (χ4n) is 2.46. The van der Waals surface area contributed by atoms with Gasteiger partial charge in [-0.2, -0.15) is 5.26 Å². The second kappa shape index (κ2) is 4.39. The number of carbonyl (C=O) groups is 1. The fourth-order valence-corrected chi connectivity index (χ4v) is 2.46. The van der Waals surface area contributed by atoms with Crippen molar-refractivity contribution >= 4 is 16.7 Å². The minimum atomic E-state index is -0.131. The van der Waals surface area contributed by atoms with Crippen LogP contribution in [0.5, 0.6) is 0 Å². The number of nitrogens with one attached hydrogen (secondary N) is 1. The first-order chi connectivity index (χ1) is 9.61. The van der Waals surface area contributed by atoms with Gasteiger partial charge in [0, 0.05) is 22.7 Å². The van der Waals surface area contributed by atoms with Gasteiger partial charge in [0.1, 0.15) is 11.5 Å². The van der Waals surface area contributed by atoms with E-state index in [9.17, 15) is 10.1 Å². The molecule has 3 rings (SSSR count). The number of carbonyl (C=O) groups excluding carboxylic acids is 1. The summed E-state index contributed by atoms with van der Waals surface area (Å²) in [6.07, 6.45) is 1.65. The molecule has 3 aromatic rings. The number of rotatable bonds is 2. The SMILES string of the molecule is Cc1cc(C(=O)c2c[nH]c3cccc(C#N)c23)c(C)o1. The van der Waals surface area contributed by atoms with Gasteiger partial charge < -0.3 is 9.40 Å². The number of nitriles is 1. The second-order valence-electron chi connectivity index (χ2n) is 4.70. The number of hydrogen-bond donors (Lipinski definition) is 1. The zero-order valence-electron chi connectivity index (χ0n) is 11.2. The Morgan fingerprint density at radius 1 is 1.30 bits per heavy atom. The van der Waals surface area contributed by atoms with Crippen molar-refractivity contribution in [1.82, 2.24) is 4.98 Å². The number of aromatic nitrogens is 1. The molecule has 20 heavy (non-hydrogen) atoms. The Labute approximate surface area is 115 Å². The molecule has 0 bridgehead atoms. The lowest BCUT2D eigenvalue weighted by Crippen LogP contribution is -2.01. The molecule has 1 N–H and O–H groups in total. The molecule has 2 heterocycles. The number of aromatic amines is 1. The predicted octanol–water partition coefficient (Wildman–Crippen LogP) is 3.48. The Hall–Kier alpha value is -2.80. The number of furan rings is 1. The fraction of sp³-hybridized carbons (Fsp3) is 0.125. The maximum absolute atomic E-state index is 12.6. The van der Waals surface area contributed by atoms with Gasteiger partial charge in [0.05, 0.1) is 17.2 Å². The van der Waals surface area contributed by atoms with E-state index in [1.54, 1.807) is 38.2 Å². The van der Waals surface area contributed by atoms with E-state index in [1.807, 2.05) is 6.07 Å². The average Bonchev–Trinajstić information content (AvgIpc) is 3.01. The van der Waals surface area contributed by atoms with E-state index in [0.717, 1.165) is 5.52 Å². The quantitative estimate of drug-likeness (QED) is 0.720. The van der Waals surface area contributed by atoms with Gasteiger partial charge in [-0.3, -0.25) is 4.79 Å². The molecule has 0 aliphatic rings. The molecule has 0 amide bonds. The van der Waals surface area contributed by atoms with Crippen LogP contribution in [0.2, 0.25) is 0 Å². The van der Waals surface area contributed by atoms with Crippen LogP contribution < -0.4 is 0 Å². The van der Waals surface area contributed by atoms with Gasteiger partial charge in [0.15, 0.2) is 5.78 Å². The number of H-pyrrole nitrogens is 1. The maximum Gasteiger partial charge on any atom is 0.198 e. The maximum atomic E-state index is 12.6. The first-order valence-corrected chi connectivity index (χ1v) is 6.23. The Bertz CT molecular complexity index is 862. The second-order valence-corrected chi connectivity index (χ2v) is 4.70. The van der Waals surface area contributed by atoms with Gasteiger partial charge >= 0.3 is 0 Å². The normalized spacial score (nSPS) is 10.7. The Morgan fingerprint density at radius 2 is 2.10 bits per heavy atom. The Balaban J connectivity index is 2.23. The third-order valence-corrected chi connectivity index (χ3v) is 3.36. The highest BCUT2D eigenvalue weighted by molar-refractivity contribution is 6.17. The lowest BCUT2D eigenvalue weighted by atomic mass is 10.00. The number of hydrogen-bond acceptors (Lipinski definition) is 3. The van der Waals surface area contributed by atoms with Crippen molar-refractivity contribution in [3.63, 3.8) is 0 Å². The van der Waals surface area contributed by atoms with Crippen LogP contribution in [0.4, 0.5) is 0 Å². The van der Waals surface area contributed by atoms with Gasteiger partial charge in [-0.1, -0.05) is 6.07 Å². The van der Waals surface area contributed by atoms with Gasteiger partial charge in [-0.15, -0.1) is 0 Å². The van der Waals surface area contributed by atoms with E-state index in [0.29, 0.717) is 33.6 Å². The molecular weight excluding hydrogens is 252 g/mol. The van der Waals surface area contributed by atoms with E-state index in [2.05, 4.69) is 11.1 Å². The number of aryl methyl sites for hydroxylation is 2. The summed E-state index contributed by atoms with van der Waals surface area (Å²) in [6, 6.07) is 9.20. The molecule has 0 saturated heterocycles. The summed E-state index contributed by atoms with van der Waals surface area (Å²) < 4.78 is 5.41. The topological polar surface area (TPSA) is 69.8 Å². The molecule has 0 aliphatic heterocycles. The number of fused-ring (bicyclic) bond motifs is 1. The predicted molar refractivity (Wildman–Crippen MR) is 74.6 cm³/mol. The highest BCUT2D eigenvalue weighted by atomic mass is 16.3. The third-order valence-electron chi connectivity index (χ3n) is 3.36. The lowest BCUT2D eigenvalue weighted by Gasteiger charge is -1.99. The van der Waals surface area contributed by atoms with Crippen molar-refractivity contribution in [1.29, 1.82) is 5.26 Å². The van der Waals surface area contributed by atoms with E-state index in [-0.39, 0.29) is 5.78 Å². The van der Waals surface area contributed by atoms with Crippen LogP contribution in [0, 0.1) is 25.2 Å². The molecule has 4 nitrogen and oxygen atoms in total. The van der Waals surface area contributed by atoms with E-state index >= 15 is 0 Å². The molecule has 4 heteroatoms. The van der Waals surface area contributed by atoms with E-state index < -0.39 is 0 Å².